The highest BCUT2D eigenvalue weighted by molar-refractivity contribution is 6.04. The summed E-state index contributed by atoms with van der Waals surface area (Å²) in [5, 5.41) is 2.81. The summed E-state index contributed by atoms with van der Waals surface area (Å²) in [6.07, 6.45) is 5.82. The molecule has 9 heteroatoms. The molecule has 1 fully saturated rings. The third-order valence-electron chi connectivity index (χ3n) is 4.72. The molecule has 0 atom stereocenters. The Balaban J connectivity index is 0.00000225. The molecule has 164 valence electrons. The summed E-state index contributed by atoms with van der Waals surface area (Å²) in [5.41, 5.74) is 7.10. The van der Waals surface area contributed by atoms with Gasteiger partial charge in [-0.25, -0.2) is 0 Å². The number of pyridine rings is 1. The smallest absolute Gasteiger partial charge is 0.257 e. The minimum atomic E-state index is -0.256. The third kappa shape index (κ3) is 7.25. The van der Waals surface area contributed by atoms with Crippen molar-refractivity contribution in [3.63, 3.8) is 0 Å². The molecule has 0 unspecified atom stereocenters. The molecule has 1 saturated heterocycles. The lowest BCUT2D eigenvalue weighted by atomic mass is 10.1. The fraction of sp³-hybridized carbons (Fsp3) is 0.381. The number of hydrogen-bond acceptors (Lipinski definition) is 5. The second-order valence-electron chi connectivity index (χ2n) is 6.78. The van der Waals surface area contributed by atoms with E-state index in [1.54, 1.807) is 42.6 Å². The minimum Gasteiger partial charge on any atom is -0.378 e. The minimum absolute atomic E-state index is 0. The van der Waals surface area contributed by atoms with Crippen molar-refractivity contribution in [2.75, 3.05) is 31.6 Å². The topological polar surface area (TPSA) is 97.5 Å². The van der Waals surface area contributed by atoms with Crippen LogP contribution in [0.2, 0.25) is 0 Å². The van der Waals surface area contributed by atoms with Gasteiger partial charge in [0.05, 0.1) is 11.7 Å². The Hall–Kier alpha value is -2.19. The molecule has 0 spiro atoms. The Morgan fingerprint density at radius 3 is 2.53 bits per heavy atom. The van der Waals surface area contributed by atoms with Crippen LogP contribution in [0.25, 0.3) is 0 Å². The molecule has 3 rings (SSSR count). The maximum absolute atomic E-state index is 12.8. The first-order valence-corrected chi connectivity index (χ1v) is 9.60. The molecule has 1 aromatic heterocycles. The van der Waals surface area contributed by atoms with Crippen LogP contribution in [0.3, 0.4) is 0 Å². The van der Waals surface area contributed by atoms with E-state index in [2.05, 4.69) is 10.3 Å². The first-order chi connectivity index (χ1) is 13.7. The number of carbonyl (C=O) groups excluding carboxylic acids is 2. The van der Waals surface area contributed by atoms with Crippen LogP contribution in [0.5, 0.6) is 0 Å². The number of anilines is 1. The van der Waals surface area contributed by atoms with E-state index in [4.69, 9.17) is 10.5 Å². The average molecular weight is 455 g/mol. The van der Waals surface area contributed by atoms with Crippen LogP contribution in [0.15, 0.2) is 48.8 Å². The van der Waals surface area contributed by atoms with Gasteiger partial charge in [0.15, 0.2) is 0 Å². The van der Waals surface area contributed by atoms with Crippen molar-refractivity contribution < 1.29 is 14.3 Å². The summed E-state index contributed by atoms with van der Waals surface area (Å²) in [6.45, 7) is 2.63. The summed E-state index contributed by atoms with van der Waals surface area (Å²) in [6, 6.07) is 10.4. The fourth-order valence-electron chi connectivity index (χ4n) is 3.17. The standard InChI is InChI=1S/C21H26N4O3.2ClH/c22-9-3-13-28-19-7-11-25(12-8-19)21(27)16-4-1-6-18(14-16)24-20(26)17-5-2-10-23-15-17;;/h1-2,4-6,10,14-15,19H,3,7-9,11-13,22H2,(H,24,26);2*1H. The van der Waals surface area contributed by atoms with E-state index in [-0.39, 0.29) is 42.7 Å². The Kier molecular flexibility index (Phi) is 11.4. The predicted octanol–water partition coefficient (Wildman–Crippen LogP) is 3.15. The monoisotopic (exact) mass is 454 g/mol. The Labute approximate surface area is 189 Å². The summed E-state index contributed by atoms with van der Waals surface area (Å²) in [7, 11) is 0. The highest BCUT2D eigenvalue weighted by Gasteiger charge is 2.24. The zero-order valence-electron chi connectivity index (χ0n) is 16.7. The van der Waals surface area contributed by atoms with E-state index in [0.29, 0.717) is 43.1 Å². The number of benzene rings is 1. The van der Waals surface area contributed by atoms with Gasteiger partial charge in [0.1, 0.15) is 0 Å². The number of aromatic nitrogens is 1. The molecule has 3 N–H and O–H groups in total. The average Bonchev–Trinajstić information content (AvgIpc) is 2.75. The molecule has 1 aromatic carbocycles. The lowest BCUT2D eigenvalue weighted by Crippen LogP contribution is -2.41. The first-order valence-electron chi connectivity index (χ1n) is 9.60. The number of nitrogens with zero attached hydrogens (tertiary/aromatic N) is 2. The molecule has 2 aromatic rings. The van der Waals surface area contributed by atoms with Crippen LogP contribution < -0.4 is 11.1 Å². The number of hydrogen-bond donors (Lipinski definition) is 2. The Morgan fingerprint density at radius 1 is 1.13 bits per heavy atom. The normalized spacial score (nSPS) is 13.7. The zero-order valence-corrected chi connectivity index (χ0v) is 18.3. The lowest BCUT2D eigenvalue weighted by molar-refractivity contribution is 0.00844. The second-order valence-corrected chi connectivity index (χ2v) is 6.78. The number of amides is 2. The molecule has 0 radical (unpaired) electrons. The molecule has 0 saturated carbocycles. The lowest BCUT2D eigenvalue weighted by Gasteiger charge is -2.32. The molecular formula is C21H28Cl2N4O3. The predicted molar refractivity (Wildman–Crippen MR) is 122 cm³/mol. The quantitative estimate of drug-likeness (QED) is 0.626. The van der Waals surface area contributed by atoms with Crippen molar-refractivity contribution in [3.05, 3.63) is 59.9 Å². The highest BCUT2D eigenvalue weighted by Crippen LogP contribution is 2.19. The SMILES string of the molecule is Cl.Cl.NCCCOC1CCN(C(=O)c2cccc(NC(=O)c3cccnc3)c2)CC1. The van der Waals surface area contributed by atoms with Crippen molar-refractivity contribution in [3.8, 4) is 0 Å². The highest BCUT2D eigenvalue weighted by atomic mass is 35.5. The van der Waals surface area contributed by atoms with E-state index < -0.39 is 0 Å². The number of rotatable bonds is 7. The van der Waals surface area contributed by atoms with E-state index in [1.165, 1.54) is 6.20 Å². The Morgan fingerprint density at radius 2 is 1.87 bits per heavy atom. The fourth-order valence-corrected chi connectivity index (χ4v) is 3.17. The van der Waals surface area contributed by atoms with Gasteiger partial charge in [0.2, 0.25) is 0 Å². The number of nitrogens with one attached hydrogen (secondary N) is 1. The van der Waals surface area contributed by atoms with Gasteiger partial charge in [-0.1, -0.05) is 6.07 Å². The van der Waals surface area contributed by atoms with Crippen LogP contribution >= 0.6 is 24.8 Å². The van der Waals surface area contributed by atoms with E-state index in [1.807, 2.05) is 4.90 Å². The molecule has 2 heterocycles. The summed E-state index contributed by atoms with van der Waals surface area (Å²) < 4.78 is 5.79. The van der Waals surface area contributed by atoms with Crippen LogP contribution in [-0.2, 0) is 4.74 Å². The second kappa shape index (κ2) is 13.2. The number of carbonyl (C=O) groups is 2. The van der Waals surface area contributed by atoms with E-state index in [0.717, 1.165) is 19.3 Å². The van der Waals surface area contributed by atoms with E-state index >= 15 is 0 Å². The van der Waals surface area contributed by atoms with Gasteiger partial charge < -0.3 is 20.7 Å². The van der Waals surface area contributed by atoms with Crippen LogP contribution in [0.4, 0.5) is 5.69 Å². The van der Waals surface area contributed by atoms with Crippen molar-refractivity contribution in [2.24, 2.45) is 5.73 Å². The van der Waals surface area contributed by atoms with Crippen molar-refractivity contribution in [2.45, 2.75) is 25.4 Å². The van der Waals surface area contributed by atoms with Gasteiger partial charge in [0, 0.05) is 43.3 Å². The van der Waals surface area contributed by atoms with Crippen LogP contribution in [0, 0.1) is 0 Å². The molecular weight excluding hydrogens is 427 g/mol. The number of piperidine rings is 1. The van der Waals surface area contributed by atoms with E-state index in [9.17, 15) is 9.59 Å². The zero-order chi connectivity index (χ0) is 19.8. The molecule has 0 bridgehead atoms. The van der Waals surface area contributed by atoms with Crippen molar-refractivity contribution >= 4 is 42.3 Å². The molecule has 1 aliphatic heterocycles. The van der Waals surface area contributed by atoms with Gasteiger partial charge in [-0.15, -0.1) is 24.8 Å². The number of nitrogens with two attached hydrogens (primary N) is 1. The molecule has 0 aliphatic carbocycles. The summed E-state index contributed by atoms with van der Waals surface area (Å²) >= 11 is 0. The van der Waals surface area contributed by atoms with Crippen molar-refractivity contribution in [1.82, 2.24) is 9.88 Å². The maximum atomic E-state index is 12.8. The van der Waals surface area contributed by atoms with Gasteiger partial charge in [0.25, 0.3) is 11.8 Å². The van der Waals surface area contributed by atoms with Gasteiger partial charge in [-0.3, -0.25) is 14.6 Å². The first kappa shape index (κ1) is 25.8. The molecule has 7 nitrogen and oxygen atoms in total. The summed E-state index contributed by atoms with van der Waals surface area (Å²) in [4.78, 5) is 30.9. The summed E-state index contributed by atoms with van der Waals surface area (Å²) in [5.74, 6) is -0.286. The van der Waals surface area contributed by atoms with Gasteiger partial charge >= 0.3 is 0 Å². The maximum Gasteiger partial charge on any atom is 0.257 e. The number of likely N-dealkylation sites (tertiary alicyclic amines) is 1. The number of halogens is 2. The van der Waals surface area contributed by atoms with Gasteiger partial charge in [-0.2, -0.15) is 0 Å². The third-order valence-corrected chi connectivity index (χ3v) is 4.72. The molecule has 30 heavy (non-hydrogen) atoms. The molecule has 2 amide bonds. The largest absolute Gasteiger partial charge is 0.378 e. The Bertz CT molecular complexity index is 800. The van der Waals surface area contributed by atoms with Crippen LogP contribution in [0.1, 0.15) is 40.0 Å². The van der Waals surface area contributed by atoms with Crippen molar-refractivity contribution in [1.29, 1.82) is 0 Å². The van der Waals surface area contributed by atoms with Gasteiger partial charge in [-0.05, 0) is 56.1 Å². The molecule has 1 aliphatic rings. The number of ether oxygens (including phenoxy) is 1. The van der Waals surface area contributed by atoms with Crippen LogP contribution in [-0.4, -0.2) is 54.0 Å².